The fourth-order valence-electron chi connectivity index (χ4n) is 2.50. The van der Waals surface area contributed by atoms with Gasteiger partial charge in [-0.3, -0.25) is 9.59 Å². The van der Waals surface area contributed by atoms with Crippen LogP contribution in [0.3, 0.4) is 0 Å². The van der Waals surface area contributed by atoms with Crippen LogP contribution >= 0.6 is 0 Å². The Balaban J connectivity index is 2.08. The Morgan fingerprint density at radius 1 is 1.43 bits per heavy atom. The number of hydrogen-bond acceptors (Lipinski definition) is 4. The van der Waals surface area contributed by atoms with Gasteiger partial charge in [-0.1, -0.05) is 0 Å². The largest absolute Gasteiger partial charge is 0.383 e. The molecule has 2 heterocycles. The van der Waals surface area contributed by atoms with E-state index >= 15 is 0 Å². The lowest BCUT2D eigenvalue weighted by molar-refractivity contribution is -0.156. The Morgan fingerprint density at radius 3 is 2.86 bits per heavy atom. The van der Waals surface area contributed by atoms with Gasteiger partial charge in [-0.25, -0.2) is 4.98 Å². The molecule has 0 radical (unpaired) electrons. The van der Waals surface area contributed by atoms with Crippen LogP contribution in [0.25, 0.3) is 0 Å². The van der Waals surface area contributed by atoms with Gasteiger partial charge in [0.1, 0.15) is 6.04 Å². The van der Waals surface area contributed by atoms with E-state index in [1.54, 1.807) is 36.4 Å². The highest BCUT2D eigenvalue weighted by molar-refractivity contribution is 5.94. The summed E-state index contributed by atoms with van der Waals surface area (Å²) < 4.78 is 6.95. The number of rotatable bonds is 6. The van der Waals surface area contributed by atoms with Crippen LogP contribution in [0.1, 0.15) is 19.5 Å². The zero-order valence-corrected chi connectivity index (χ0v) is 12.8. The maximum Gasteiger partial charge on any atom is 0.245 e. The number of hydrogen-bond donors (Lipinski definition) is 0. The van der Waals surface area contributed by atoms with Crippen molar-refractivity contribution < 1.29 is 14.3 Å². The molecular formula is C14H22N4O3. The number of carbonyl (C=O) groups excluding carboxylic acids is 2. The van der Waals surface area contributed by atoms with Crippen molar-refractivity contribution in [3.8, 4) is 0 Å². The van der Waals surface area contributed by atoms with Gasteiger partial charge in [0.25, 0.3) is 0 Å². The maximum absolute atomic E-state index is 12.3. The second kappa shape index (κ2) is 6.71. The van der Waals surface area contributed by atoms with Crippen LogP contribution < -0.4 is 0 Å². The molecule has 1 saturated heterocycles. The molecule has 2 amide bonds. The predicted molar refractivity (Wildman–Crippen MR) is 76.4 cm³/mol. The third-order valence-electron chi connectivity index (χ3n) is 3.82. The van der Waals surface area contributed by atoms with Crippen molar-refractivity contribution in [3.63, 3.8) is 0 Å². The zero-order valence-electron chi connectivity index (χ0n) is 12.8. The average molecular weight is 294 g/mol. The summed E-state index contributed by atoms with van der Waals surface area (Å²) in [7, 11) is 1.58. The standard InChI is InChI=1S/C14H22N4O3/c1-4-16-10-15-7-12(16)8-18-11(2)14(20)17(5-6-21-3)9-13(18)19/h7,10-11H,4-6,8-9H2,1-3H3/t11-/m0/s1. The van der Waals surface area contributed by atoms with Gasteiger partial charge in [-0.15, -0.1) is 0 Å². The number of amides is 2. The van der Waals surface area contributed by atoms with Crippen LogP contribution in [0.5, 0.6) is 0 Å². The van der Waals surface area contributed by atoms with E-state index < -0.39 is 6.04 Å². The van der Waals surface area contributed by atoms with Crippen LogP contribution in [0, 0.1) is 0 Å². The van der Waals surface area contributed by atoms with Gasteiger partial charge >= 0.3 is 0 Å². The zero-order chi connectivity index (χ0) is 15.4. The van der Waals surface area contributed by atoms with E-state index in [4.69, 9.17) is 4.74 Å². The van der Waals surface area contributed by atoms with E-state index in [-0.39, 0.29) is 18.4 Å². The number of imidazole rings is 1. The fraction of sp³-hybridized carbons (Fsp3) is 0.643. The van der Waals surface area contributed by atoms with E-state index in [1.807, 2.05) is 11.5 Å². The molecule has 1 aliphatic rings. The lowest BCUT2D eigenvalue weighted by Gasteiger charge is -2.38. The Kier molecular flexibility index (Phi) is 4.95. The first kappa shape index (κ1) is 15.5. The second-order valence-electron chi connectivity index (χ2n) is 5.12. The summed E-state index contributed by atoms with van der Waals surface area (Å²) in [5, 5.41) is 0. The van der Waals surface area contributed by atoms with Crippen LogP contribution in [0.2, 0.25) is 0 Å². The van der Waals surface area contributed by atoms with Crippen molar-refractivity contribution in [2.45, 2.75) is 33.0 Å². The quantitative estimate of drug-likeness (QED) is 0.747. The number of ether oxygens (including phenoxy) is 1. The lowest BCUT2D eigenvalue weighted by atomic mass is 10.1. The van der Waals surface area contributed by atoms with E-state index in [0.717, 1.165) is 12.2 Å². The molecule has 0 unspecified atom stereocenters. The fourth-order valence-corrected chi connectivity index (χ4v) is 2.50. The summed E-state index contributed by atoms with van der Waals surface area (Å²) in [6.07, 6.45) is 3.48. The van der Waals surface area contributed by atoms with Gasteiger partial charge in [0, 0.05) is 26.4 Å². The summed E-state index contributed by atoms with van der Waals surface area (Å²) in [5.41, 5.74) is 0.941. The van der Waals surface area contributed by atoms with Crippen molar-refractivity contribution in [3.05, 3.63) is 18.2 Å². The highest BCUT2D eigenvalue weighted by atomic mass is 16.5. The summed E-state index contributed by atoms with van der Waals surface area (Å²) in [5.74, 6) is -0.0729. The highest BCUT2D eigenvalue weighted by Gasteiger charge is 2.36. The van der Waals surface area contributed by atoms with Gasteiger partial charge in [0.2, 0.25) is 11.8 Å². The number of nitrogens with zero attached hydrogens (tertiary/aromatic N) is 4. The van der Waals surface area contributed by atoms with Gasteiger partial charge in [0.05, 0.1) is 31.7 Å². The minimum atomic E-state index is -0.455. The summed E-state index contributed by atoms with van der Waals surface area (Å²) in [6.45, 7) is 6.00. The molecule has 1 aliphatic heterocycles. The SMILES string of the molecule is CCn1cncc1CN1C(=O)CN(CCOC)C(=O)[C@@H]1C. The van der Waals surface area contributed by atoms with Gasteiger partial charge in [-0.05, 0) is 13.8 Å². The molecule has 1 fully saturated rings. The van der Waals surface area contributed by atoms with E-state index in [9.17, 15) is 9.59 Å². The summed E-state index contributed by atoms with van der Waals surface area (Å²) >= 11 is 0. The van der Waals surface area contributed by atoms with Gasteiger partial charge in [-0.2, -0.15) is 0 Å². The first-order valence-electron chi connectivity index (χ1n) is 7.14. The smallest absolute Gasteiger partial charge is 0.245 e. The number of piperazine rings is 1. The minimum absolute atomic E-state index is 0.0331. The Hall–Kier alpha value is -1.89. The van der Waals surface area contributed by atoms with E-state index in [0.29, 0.717) is 19.7 Å². The molecule has 0 aromatic carbocycles. The normalized spacial score (nSPS) is 19.5. The van der Waals surface area contributed by atoms with Crippen LogP contribution in [0.15, 0.2) is 12.5 Å². The van der Waals surface area contributed by atoms with Crippen molar-refractivity contribution in [1.29, 1.82) is 0 Å². The monoisotopic (exact) mass is 294 g/mol. The van der Waals surface area contributed by atoms with Crippen molar-refractivity contribution in [1.82, 2.24) is 19.4 Å². The molecule has 21 heavy (non-hydrogen) atoms. The number of aromatic nitrogens is 2. The molecule has 0 spiro atoms. The first-order valence-corrected chi connectivity index (χ1v) is 7.14. The highest BCUT2D eigenvalue weighted by Crippen LogP contribution is 2.16. The molecule has 116 valence electrons. The molecule has 2 rings (SSSR count). The molecule has 7 nitrogen and oxygen atoms in total. The van der Waals surface area contributed by atoms with E-state index in [2.05, 4.69) is 4.98 Å². The Labute approximate surface area is 124 Å². The Morgan fingerprint density at radius 2 is 2.19 bits per heavy atom. The van der Waals surface area contributed by atoms with Crippen LogP contribution in [-0.4, -0.2) is 64.0 Å². The van der Waals surface area contributed by atoms with Gasteiger partial charge < -0.3 is 19.1 Å². The van der Waals surface area contributed by atoms with Crippen molar-refractivity contribution in [2.75, 3.05) is 26.8 Å². The topological polar surface area (TPSA) is 67.7 Å². The molecule has 7 heteroatoms. The van der Waals surface area contributed by atoms with E-state index in [1.165, 1.54) is 0 Å². The predicted octanol–water partition coefficient (Wildman–Crippen LogP) is 0.109. The third-order valence-corrected chi connectivity index (χ3v) is 3.82. The minimum Gasteiger partial charge on any atom is -0.383 e. The van der Waals surface area contributed by atoms with Crippen LogP contribution in [0.4, 0.5) is 0 Å². The maximum atomic E-state index is 12.3. The van der Waals surface area contributed by atoms with Crippen LogP contribution in [-0.2, 0) is 27.4 Å². The Bertz CT molecular complexity index is 514. The molecule has 1 aromatic heterocycles. The molecule has 0 aliphatic carbocycles. The average Bonchev–Trinajstić information content (AvgIpc) is 2.93. The van der Waals surface area contributed by atoms with Crippen molar-refractivity contribution >= 4 is 11.8 Å². The number of methoxy groups -OCH3 is 1. The van der Waals surface area contributed by atoms with Crippen molar-refractivity contribution in [2.24, 2.45) is 0 Å². The molecule has 0 saturated carbocycles. The van der Waals surface area contributed by atoms with Gasteiger partial charge in [0.15, 0.2) is 0 Å². The molecule has 0 bridgehead atoms. The molecular weight excluding hydrogens is 272 g/mol. The number of aryl methyl sites for hydroxylation is 1. The summed E-state index contributed by atoms with van der Waals surface area (Å²) in [4.78, 5) is 31.9. The summed E-state index contributed by atoms with van der Waals surface area (Å²) in [6, 6.07) is -0.455. The third kappa shape index (κ3) is 3.24. The second-order valence-corrected chi connectivity index (χ2v) is 5.12. The lowest BCUT2D eigenvalue weighted by Crippen LogP contribution is -2.58. The number of carbonyl (C=O) groups is 2. The molecule has 1 aromatic rings. The first-order chi connectivity index (χ1) is 10.1. The molecule has 0 N–H and O–H groups in total. The molecule has 1 atom stereocenters.